The van der Waals surface area contributed by atoms with Crippen molar-refractivity contribution in [3.05, 3.63) is 47.0 Å². The van der Waals surface area contributed by atoms with Gasteiger partial charge in [0.05, 0.1) is 0 Å². The third-order valence-corrected chi connectivity index (χ3v) is 3.69. The van der Waals surface area contributed by atoms with Gasteiger partial charge < -0.3 is 19.5 Å². The summed E-state index contributed by atoms with van der Waals surface area (Å²) < 4.78 is 16.2. The molecule has 0 aliphatic carbocycles. The lowest BCUT2D eigenvalue weighted by Crippen LogP contribution is -2.30. The molecule has 2 aromatic rings. The molecule has 0 unspecified atom stereocenters. The standard InChI is InChI=1S/C17H16ClNO4/c1-10-7-12(18)3-5-14(10)23-11(2)17(20)19-13-4-6-15-16(8-13)22-9-21-15/h3-8,11H,9H2,1-2H3,(H,19,20)/t11-/m1/s1. The van der Waals surface area contributed by atoms with Crippen LogP contribution in [0.1, 0.15) is 12.5 Å². The van der Waals surface area contributed by atoms with Crippen molar-refractivity contribution in [3.63, 3.8) is 0 Å². The van der Waals surface area contributed by atoms with Crippen LogP contribution in [0.15, 0.2) is 36.4 Å². The minimum absolute atomic E-state index is 0.197. The minimum atomic E-state index is -0.653. The second-order valence-corrected chi connectivity index (χ2v) is 5.66. The van der Waals surface area contributed by atoms with Gasteiger partial charge in [0.15, 0.2) is 17.6 Å². The molecule has 0 saturated heterocycles. The number of rotatable bonds is 4. The van der Waals surface area contributed by atoms with Gasteiger partial charge in [-0.3, -0.25) is 4.79 Å². The molecule has 0 spiro atoms. The molecule has 1 heterocycles. The molecule has 0 saturated carbocycles. The molecule has 2 aromatic carbocycles. The van der Waals surface area contributed by atoms with E-state index < -0.39 is 6.10 Å². The van der Waals surface area contributed by atoms with Crippen LogP contribution in [0.3, 0.4) is 0 Å². The summed E-state index contributed by atoms with van der Waals surface area (Å²) in [7, 11) is 0. The van der Waals surface area contributed by atoms with E-state index in [1.165, 1.54) is 0 Å². The molecule has 6 heteroatoms. The molecule has 0 radical (unpaired) electrons. The summed E-state index contributed by atoms with van der Waals surface area (Å²) in [5.41, 5.74) is 1.50. The number of hydrogen-bond donors (Lipinski definition) is 1. The van der Waals surface area contributed by atoms with E-state index in [1.807, 2.05) is 6.92 Å². The minimum Gasteiger partial charge on any atom is -0.481 e. The van der Waals surface area contributed by atoms with Crippen molar-refractivity contribution in [2.45, 2.75) is 20.0 Å². The molecule has 1 amide bonds. The number of carbonyl (C=O) groups excluding carboxylic acids is 1. The van der Waals surface area contributed by atoms with Crippen molar-refractivity contribution in [3.8, 4) is 17.2 Å². The Bertz CT molecular complexity index is 747. The summed E-state index contributed by atoms with van der Waals surface area (Å²) in [6.45, 7) is 3.77. The average Bonchev–Trinajstić information content (AvgIpc) is 2.97. The second-order valence-electron chi connectivity index (χ2n) is 5.23. The zero-order valence-corrected chi connectivity index (χ0v) is 13.5. The van der Waals surface area contributed by atoms with Gasteiger partial charge in [0, 0.05) is 16.8 Å². The van der Waals surface area contributed by atoms with Crippen molar-refractivity contribution in [1.82, 2.24) is 0 Å². The van der Waals surface area contributed by atoms with Crippen molar-refractivity contribution >= 4 is 23.2 Å². The van der Waals surface area contributed by atoms with Crippen LogP contribution >= 0.6 is 11.6 Å². The number of ether oxygens (including phenoxy) is 3. The smallest absolute Gasteiger partial charge is 0.265 e. The van der Waals surface area contributed by atoms with Crippen LogP contribution in [0.5, 0.6) is 17.2 Å². The van der Waals surface area contributed by atoms with Gasteiger partial charge in [-0.15, -0.1) is 0 Å². The lowest BCUT2D eigenvalue weighted by Gasteiger charge is -2.16. The molecule has 1 N–H and O–H groups in total. The van der Waals surface area contributed by atoms with Crippen molar-refractivity contribution in [1.29, 1.82) is 0 Å². The molecular formula is C17H16ClNO4. The average molecular weight is 334 g/mol. The van der Waals surface area contributed by atoms with Crippen LogP contribution in [-0.4, -0.2) is 18.8 Å². The van der Waals surface area contributed by atoms with E-state index in [0.717, 1.165) is 5.56 Å². The Labute approximate surface area is 139 Å². The highest BCUT2D eigenvalue weighted by molar-refractivity contribution is 6.30. The first-order valence-corrected chi connectivity index (χ1v) is 7.54. The van der Waals surface area contributed by atoms with Crippen LogP contribution in [0.2, 0.25) is 5.02 Å². The molecule has 1 aliphatic heterocycles. The predicted molar refractivity (Wildman–Crippen MR) is 87.5 cm³/mol. The second kappa shape index (κ2) is 6.38. The summed E-state index contributed by atoms with van der Waals surface area (Å²) >= 11 is 5.91. The Morgan fingerprint density at radius 3 is 2.78 bits per heavy atom. The number of benzene rings is 2. The van der Waals surface area contributed by atoms with Gasteiger partial charge in [0.1, 0.15) is 5.75 Å². The highest BCUT2D eigenvalue weighted by Crippen LogP contribution is 2.34. The van der Waals surface area contributed by atoms with Crippen molar-refractivity contribution in [2.24, 2.45) is 0 Å². The number of nitrogens with one attached hydrogen (secondary N) is 1. The Hall–Kier alpha value is -2.40. The summed E-state index contributed by atoms with van der Waals surface area (Å²) in [5, 5.41) is 3.43. The van der Waals surface area contributed by atoms with E-state index in [2.05, 4.69) is 5.32 Å². The number of hydrogen-bond acceptors (Lipinski definition) is 4. The van der Waals surface area contributed by atoms with Crippen LogP contribution < -0.4 is 19.5 Å². The Kier molecular flexibility index (Phi) is 4.30. The van der Waals surface area contributed by atoms with Gasteiger partial charge in [-0.2, -0.15) is 0 Å². The largest absolute Gasteiger partial charge is 0.481 e. The first-order valence-electron chi connectivity index (χ1n) is 7.16. The number of halogens is 1. The SMILES string of the molecule is Cc1cc(Cl)ccc1O[C@H](C)C(=O)Nc1ccc2c(c1)OCO2. The van der Waals surface area contributed by atoms with E-state index in [9.17, 15) is 4.79 Å². The van der Waals surface area contributed by atoms with Gasteiger partial charge in [0.25, 0.3) is 5.91 Å². The Balaban J connectivity index is 1.65. The molecule has 0 aromatic heterocycles. The fraction of sp³-hybridized carbons (Fsp3) is 0.235. The quantitative estimate of drug-likeness (QED) is 0.925. The molecule has 1 atom stereocenters. The number of amides is 1. The van der Waals surface area contributed by atoms with E-state index in [1.54, 1.807) is 43.3 Å². The maximum absolute atomic E-state index is 12.3. The molecule has 1 aliphatic rings. The maximum Gasteiger partial charge on any atom is 0.265 e. The van der Waals surface area contributed by atoms with Crippen LogP contribution in [-0.2, 0) is 4.79 Å². The molecule has 23 heavy (non-hydrogen) atoms. The van der Waals surface area contributed by atoms with Gasteiger partial charge in [0.2, 0.25) is 6.79 Å². The lowest BCUT2D eigenvalue weighted by atomic mass is 10.2. The van der Waals surface area contributed by atoms with Crippen LogP contribution in [0.4, 0.5) is 5.69 Å². The summed E-state index contributed by atoms with van der Waals surface area (Å²) in [5.74, 6) is 1.66. The molecular weight excluding hydrogens is 318 g/mol. The maximum atomic E-state index is 12.3. The lowest BCUT2D eigenvalue weighted by molar-refractivity contribution is -0.122. The number of anilines is 1. The fourth-order valence-corrected chi connectivity index (χ4v) is 2.43. The van der Waals surface area contributed by atoms with E-state index >= 15 is 0 Å². The Morgan fingerprint density at radius 2 is 2.00 bits per heavy atom. The number of aryl methyl sites for hydroxylation is 1. The van der Waals surface area contributed by atoms with Crippen LogP contribution in [0, 0.1) is 6.92 Å². The fourth-order valence-electron chi connectivity index (χ4n) is 2.21. The highest BCUT2D eigenvalue weighted by atomic mass is 35.5. The highest BCUT2D eigenvalue weighted by Gasteiger charge is 2.18. The molecule has 5 nitrogen and oxygen atoms in total. The van der Waals surface area contributed by atoms with Crippen molar-refractivity contribution < 1.29 is 19.0 Å². The summed E-state index contributed by atoms with van der Waals surface area (Å²) in [6.07, 6.45) is -0.653. The molecule has 3 rings (SSSR count). The predicted octanol–water partition coefficient (Wildman–Crippen LogP) is 3.78. The molecule has 0 fully saturated rings. The van der Waals surface area contributed by atoms with Gasteiger partial charge >= 0.3 is 0 Å². The third kappa shape index (κ3) is 3.51. The summed E-state index contributed by atoms with van der Waals surface area (Å²) in [6, 6.07) is 10.5. The van der Waals surface area contributed by atoms with E-state index in [-0.39, 0.29) is 12.7 Å². The van der Waals surface area contributed by atoms with Gasteiger partial charge in [-0.05, 0) is 49.7 Å². The summed E-state index contributed by atoms with van der Waals surface area (Å²) in [4.78, 5) is 12.3. The van der Waals surface area contributed by atoms with Gasteiger partial charge in [-0.1, -0.05) is 11.6 Å². The number of carbonyl (C=O) groups is 1. The zero-order chi connectivity index (χ0) is 16.4. The molecule has 0 bridgehead atoms. The van der Waals surface area contributed by atoms with Crippen LogP contribution in [0.25, 0.3) is 0 Å². The first kappa shape index (κ1) is 15.5. The topological polar surface area (TPSA) is 56.8 Å². The third-order valence-electron chi connectivity index (χ3n) is 3.45. The molecule has 120 valence electrons. The Morgan fingerprint density at radius 1 is 1.22 bits per heavy atom. The first-order chi connectivity index (χ1) is 11.0. The van der Waals surface area contributed by atoms with E-state index in [0.29, 0.717) is 28.0 Å². The number of fused-ring (bicyclic) bond motifs is 1. The normalized spacial score (nSPS) is 13.5. The van der Waals surface area contributed by atoms with Gasteiger partial charge in [-0.25, -0.2) is 0 Å². The monoisotopic (exact) mass is 333 g/mol. The van der Waals surface area contributed by atoms with E-state index in [4.69, 9.17) is 25.8 Å². The van der Waals surface area contributed by atoms with Crippen molar-refractivity contribution in [2.75, 3.05) is 12.1 Å². The zero-order valence-electron chi connectivity index (χ0n) is 12.8.